The molecular weight excluding hydrogens is 484 g/mol. The average molecular weight is 502 g/mol. The van der Waals surface area contributed by atoms with E-state index in [1.54, 1.807) is 25.3 Å². The number of hydrogen-bond acceptors (Lipinski definition) is 3. The highest BCUT2D eigenvalue weighted by atomic mass is 79.9. The van der Waals surface area contributed by atoms with Crippen molar-refractivity contribution in [3.05, 3.63) is 85.3 Å². The highest BCUT2D eigenvalue weighted by molar-refractivity contribution is 9.10. The van der Waals surface area contributed by atoms with Crippen LogP contribution in [-0.2, 0) is 13.2 Å². The highest BCUT2D eigenvalue weighted by Gasteiger charge is 2.12. The summed E-state index contributed by atoms with van der Waals surface area (Å²) in [4.78, 5) is 0. The van der Waals surface area contributed by atoms with E-state index in [1.165, 1.54) is 0 Å². The summed E-state index contributed by atoms with van der Waals surface area (Å²) < 4.78 is 12.3. The van der Waals surface area contributed by atoms with E-state index >= 15 is 0 Å². The van der Waals surface area contributed by atoms with Gasteiger partial charge in [0.15, 0.2) is 11.5 Å². The van der Waals surface area contributed by atoms with Crippen LogP contribution in [-0.4, -0.2) is 7.11 Å². The SMILES string of the molecule is COc1cc(CNc2cc(Cl)ccc2Cl)c(Br)cc1OCc1cccc(Cl)c1. The van der Waals surface area contributed by atoms with Gasteiger partial charge in [-0.1, -0.05) is 62.9 Å². The van der Waals surface area contributed by atoms with Crippen molar-refractivity contribution in [3.8, 4) is 11.5 Å². The molecule has 0 bridgehead atoms. The monoisotopic (exact) mass is 499 g/mol. The van der Waals surface area contributed by atoms with Crippen LogP contribution in [0.15, 0.2) is 59.1 Å². The van der Waals surface area contributed by atoms with Gasteiger partial charge in [-0.05, 0) is 53.6 Å². The van der Waals surface area contributed by atoms with E-state index in [0.29, 0.717) is 39.7 Å². The minimum atomic E-state index is 0.388. The Balaban J connectivity index is 1.74. The zero-order valence-electron chi connectivity index (χ0n) is 14.9. The van der Waals surface area contributed by atoms with Crippen molar-refractivity contribution in [1.29, 1.82) is 0 Å². The first-order valence-corrected chi connectivity index (χ1v) is 10.3. The molecular formula is C21H17BrCl3NO2. The molecule has 0 aliphatic carbocycles. The molecule has 0 saturated carbocycles. The summed E-state index contributed by atoms with van der Waals surface area (Å²) in [6.45, 7) is 0.921. The molecule has 0 aliphatic rings. The van der Waals surface area contributed by atoms with Crippen LogP contribution in [0.2, 0.25) is 15.1 Å². The molecule has 0 amide bonds. The van der Waals surface area contributed by atoms with Crippen molar-refractivity contribution in [2.45, 2.75) is 13.2 Å². The summed E-state index contributed by atoms with van der Waals surface area (Å²) in [5.41, 5.74) is 2.73. The zero-order valence-corrected chi connectivity index (χ0v) is 18.8. The highest BCUT2D eigenvalue weighted by Crippen LogP contribution is 2.35. The smallest absolute Gasteiger partial charge is 0.162 e. The summed E-state index contributed by atoms with van der Waals surface area (Å²) in [6.07, 6.45) is 0. The summed E-state index contributed by atoms with van der Waals surface area (Å²) in [5, 5.41) is 5.19. The zero-order chi connectivity index (χ0) is 20.1. The van der Waals surface area contributed by atoms with E-state index in [9.17, 15) is 0 Å². The van der Waals surface area contributed by atoms with Crippen molar-refractivity contribution >= 4 is 56.4 Å². The molecule has 0 fully saturated rings. The largest absolute Gasteiger partial charge is 0.493 e. The van der Waals surface area contributed by atoms with Crippen LogP contribution in [0, 0.1) is 0 Å². The van der Waals surface area contributed by atoms with Gasteiger partial charge in [0.25, 0.3) is 0 Å². The van der Waals surface area contributed by atoms with Gasteiger partial charge in [-0.2, -0.15) is 0 Å². The van der Waals surface area contributed by atoms with Crippen LogP contribution in [0.1, 0.15) is 11.1 Å². The van der Waals surface area contributed by atoms with Crippen molar-refractivity contribution in [2.75, 3.05) is 12.4 Å². The van der Waals surface area contributed by atoms with Gasteiger partial charge >= 0.3 is 0 Å². The summed E-state index contributed by atoms with van der Waals surface area (Å²) in [6, 6.07) is 16.7. The lowest BCUT2D eigenvalue weighted by molar-refractivity contribution is 0.284. The first-order chi connectivity index (χ1) is 13.5. The molecule has 3 rings (SSSR count). The summed E-state index contributed by atoms with van der Waals surface area (Å²) in [7, 11) is 1.61. The predicted octanol–water partition coefficient (Wildman–Crippen LogP) is 7.61. The molecule has 0 atom stereocenters. The predicted molar refractivity (Wildman–Crippen MR) is 120 cm³/mol. The molecule has 1 N–H and O–H groups in total. The maximum Gasteiger partial charge on any atom is 0.162 e. The molecule has 0 heterocycles. The average Bonchev–Trinajstić information content (AvgIpc) is 2.68. The Morgan fingerprint density at radius 2 is 1.71 bits per heavy atom. The van der Waals surface area contributed by atoms with Crippen LogP contribution < -0.4 is 14.8 Å². The van der Waals surface area contributed by atoms with Gasteiger partial charge in [0.2, 0.25) is 0 Å². The van der Waals surface area contributed by atoms with E-state index in [4.69, 9.17) is 44.3 Å². The van der Waals surface area contributed by atoms with E-state index < -0.39 is 0 Å². The van der Waals surface area contributed by atoms with Gasteiger partial charge in [-0.15, -0.1) is 0 Å². The second kappa shape index (κ2) is 9.75. The van der Waals surface area contributed by atoms with E-state index in [0.717, 1.165) is 21.3 Å². The first-order valence-electron chi connectivity index (χ1n) is 8.39. The molecule has 0 aliphatic heterocycles. The van der Waals surface area contributed by atoms with Crippen LogP contribution in [0.3, 0.4) is 0 Å². The molecule has 0 unspecified atom stereocenters. The fraction of sp³-hybridized carbons (Fsp3) is 0.143. The third-order valence-electron chi connectivity index (χ3n) is 4.01. The molecule has 3 aromatic rings. The Labute approximate surface area is 187 Å². The second-order valence-corrected chi connectivity index (χ2v) is 8.13. The van der Waals surface area contributed by atoms with Crippen LogP contribution >= 0.6 is 50.7 Å². The van der Waals surface area contributed by atoms with Gasteiger partial charge in [-0.25, -0.2) is 0 Å². The lowest BCUT2D eigenvalue weighted by atomic mass is 10.2. The van der Waals surface area contributed by atoms with Gasteiger partial charge in [0.1, 0.15) is 6.61 Å². The number of nitrogens with one attached hydrogen (secondary N) is 1. The molecule has 0 radical (unpaired) electrons. The Bertz CT molecular complexity index is 982. The molecule has 0 aromatic heterocycles. The van der Waals surface area contributed by atoms with Crippen molar-refractivity contribution in [3.63, 3.8) is 0 Å². The van der Waals surface area contributed by atoms with E-state index in [2.05, 4.69) is 21.2 Å². The molecule has 0 saturated heterocycles. The fourth-order valence-electron chi connectivity index (χ4n) is 2.60. The maximum atomic E-state index is 6.21. The lowest BCUT2D eigenvalue weighted by Crippen LogP contribution is -2.03. The number of methoxy groups -OCH3 is 1. The standard InChI is InChI=1S/C21H17BrCl3NO2/c1-27-20-8-14(11-26-19-9-16(24)5-6-18(19)25)17(22)10-21(20)28-12-13-3-2-4-15(23)7-13/h2-10,26H,11-12H2,1H3. The molecule has 3 aromatic carbocycles. The van der Waals surface area contributed by atoms with Gasteiger partial charge in [0, 0.05) is 21.1 Å². The second-order valence-electron chi connectivity index (χ2n) is 5.99. The fourth-order valence-corrected chi connectivity index (χ4v) is 3.63. The Morgan fingerprint density at radius 3 is 2.46 bits per heavy atom. The summed E-state index contributed by atoms with van der Waals surface area (Å²) >= 11 is 21.9. The number of halogens is 4. The number of ether oxygens (including phenoxy) is 2. The van der Waals surface area contributed by atoms with E-state index in [1.807, 2.05) is 36.4 Å². The molecule has 0 spiro atoms. The Hall–Kier alpha value is -1.59. The minimum Gasteiger partial charge on any atom is -0.493 e. The van der Waals surface area contributed by atoms with Gasteiger partial charge in [0.05, 0.1) is 17.8 Å². The molecule has 3 nitrogen and oxygen atoms in total. The first kappa shape index (κ1) is 21.1. The van der Waals surface area contributed by atoms with Gasteiger partial charge < -0.3 is 14.8 Å². The maximum absolute atomic E-state index is 6.21. The molecule has 146 valence electrons. The van der Waals surface area contributed by atoms with Gasteiger partial charge in [-0.3, -0.25) is 0 Å². The number of rotatable bonds is 7. The van der Waals surface area contributed by atoms with E-state index in [-0.39, 0.29) is 0 Å². The van der Waals surface area contributed by atoms with Crippen molar-refractivity contribution in [2.24, 2.45) is 0 Å². The third-order valence-corrected chi connectivity index (χ3v) is 5.55. The molecule has 28 heavy (non-hydrogen) atoms. The molecule has 7 heteroatoms. The Kier molecular flexibility index (Phi) is 7.36. The van der Waals surface area contributed by atoms with Crippen molar-refractivity contribution < 1.29 is 9.47 Å². The quantitative estimate of drug-likeness (QED) is 0.361. The van der Waals surface area contributed by atoms with Crippen LogP contribution in [0.5, 0.6) is 11.5 Å². The lowest BCUT2D eigenvalue weighted by Gasteiger charge is -2.15. The normalized spacial score (nSPS) is 10.6. The number of hydrogen-bond donors (Lipinski definition) is 1. The van der Waals surface area contributed by atoms with Crippen molar-refractivity contribution in [1.82, 2.24) is 0 Å². The number of anilines is 1. The Morgan fingerprint density at radius 1 is 0.929 bits per heavy atom. The number of benzene rings is 3. The van der Waals surface area contributed by atoms with Crippen LogP contribution in [0.4, 0.5) is 5.69 Å². The topological polar surface area (TPSA) is 30.5 Å². The van der Waals surface area contributed by atoms with Crippen LogP contribution in [0.25, 0.3) is 0 Å². The third kappa shape index (κ3) is 5.48. The minimum absolute atomic E-state index is 0.388. The summed E-state index contributed by atoms with van der Waals surface area (Å²) in [5.74, 6) is 1.28.